The van der Waals surface area contributed by atoms with Crippen LogP contribution in [0.4, 0.5) is 0 Å². The first-order chi connectivity index (χ1) is 10.2. The Bertz CT molecular complexity index is 473. The lowest BCUT2D eigenvalue weighted by atomic mass is 10.1. The number of likely N-dealkylation sites (tertiary alicyclic amines) is 1. The SMILES string of the molecule is CCN(CC)C1CCN(Cc2cccc(C(=O)NN)c2)C1. The number of nitrogens with two attached hydrogens (primary N) is 1. The summed E-state index contributed by atoms with van der Waals surface area (Å²) in [7, 11) is 0. The number of amides is 1. The van der Waals surface area contributed by atoms with Crippen LogP contribution in [-0.2, 0) is 6.54 Å². The fraction of sp³-hybridized carbons (Fsp3) is 0.562. The quantitative estimate of drug-likeness (QED) is 0.469. The number of nitrogen functional groups attached to an aromatic ring is 1. The van der Waals surface area contributed by atoms with E-state index < -0.39 is 0 Å². The van der Waals surface area contributed by atoms with Gasteiger partial charge in [-0.1, -0.05) is 26.0 Å². The van der Waals surface area contributed by atoms with Crippen molar-refractivity contribution in [1.82, 2.24) is 15.2 Å². The summed E-state index contributed by atoms with van der Waals surface area (Å²) < 4.78 is 0. The Kier molecular flexibility index (Phi) is 5.73. The summed E-state index contributed by atoms with van der Waals surface area (Å²) in [6, 6.07) is 8.35. The molecule has 5 heteroatoms. The molecule has 1 fully saturated rings. The second kappa shape index (κ2) is 7.54. The number of benzene rings is 1. The third-order valence-corrected chi connectivity index (χ3v) is 4.30. The van der Waals surface area contributed by atoms with E-state index in [4.69, 9.17) is 5.84 Å². The number of hydrogen-bond acceptors (Lipinski definition) is 4. The highest BCUT2D eigenvalue weighted by Gasteiger charge is 2.25. The van der Waals surface area contributed by atoms with E-state index >= 15 is 0 Å². The van der Waals surface area contributed by atoms with E-state index in [1.165, 1.54) is 6.42 Å². The van der Waals surface area contributed by atoms with Crippen molar-refractivity contribution in [1.29, 1.82) is 0 Å². The van der Waals surface area contributed by atoms with Crippen LogP contribution in [0.3, 0.4) is 0 Å². The average Bonchev–Trinajstić information content (AvgIpc) is 2.96. The summed E-state index contributed by atoms with van der Waals surface area (Å²) in [6.45, 7) is 9.79. The van der Waals surface area contributed by atoms with E-state index in [0.29, 0.717) is 11.6 Å². The maximum absolute atomic E-state index is 11.6. The van der Waals surface area contributed by atoms with Crippen molar-refractivity contribution in [2.24, 2.45) is 5.84 Å². The van der Waals surface area contributed by atoms with Crippen molar-refractivity contribution in [2.75, 3.05) is 26.2 Å². The number of rotatable bonds is 6. The molecule has 0 saturated carbocycles. The molecular weight excluding hydrogens is 264 g/mol. The zero-order chi connectivity index (χ0) is 15.2. The fourth-order valence-corrected chi connectivity index (χ4v) is 3.15. The molecule has 1 aliphatic heterocycles. The summed E-state index contributed by atoms with van der Waals surface area (Å²) in [5, 5.41) is 0. The van der Waals surface area contributed by atoms with Crippen molar-refractivity contribution in [2.45, 2.75) is 32.9 Å². The van der Waals surface area contributed by atoms with Gasteiger partial charge < -0.3 is 0 Å². The van der Waals surface area contributed by atoms with Gasteiger partial charge in [0.25, 0.3) is 5.91 Å². The summed E-state index contributed by atoms with van der Waals surface area (Å²) in [6.07, 6.45) is 1.23. The molecule has 1 saturated heterocycles. The van der Waals surface area contributed by atoms with Gasteiger partial charge in [0, 0.05) is 31.2 Å². The first-order valence-electron chi connectivity index (χ1n) is 7.74. The zero-order valence-electron chi connectivity index (χ0n) is 13.0. The van der Waals surface area contributed by atoms with Crippen LogP contribution in [0.1, 0.15) is 36.2 Å². The van der Waals surface area contributed by atoms with E-state index in [-0.39, 0.29) is 5.91 Å². The molecule has 5 nitrogen and oxygen atoms in total. The molecule has 1 atom stereocenters. The van der Waals surface area contributed by atoms with Gasteiger partial charge in [-0.2, -0.15) is 0 Å². The maximum atomic E-state index is 11.6. The van der Waals surface area contributed by atoms with Crippen LogP contribution in [0, 0.1) is 0 Å². The van der Waals surface area contributed by atoms with Gasteiger partial charge in [-0.25, -0.2) is 5.84 Å². The average molecular weight is 290 g/mol. The number of hydrogen-bond donors (Lipinski definition) is 2. The molecule has 0 radical (unpaired) electrons. The standard InChI is InChI=1S/C16H26N4O/c1-3-20(4-2)15-8-9-19(12-15)11-13-6-5-7-14(10-13)16(21)18-17/h5-7,10,15H,3-4,8-9,11-12,17H2,1-2H3,(H,18,21). The van der Waals surface area contributed by atoms with Gasteiger partial charge in [-0.15, -0.1) is 0 Å². The Labute approximate surface area is 127 Å². The van der Waals surface area contributed by atoms with Gasteiger partial charge in [0.1, 0.15) is 0 Å². The van der Waals surface area contributed by atoms with Crippen molar-refractivity contribution in [3.63, 3.8) is 0 Å². The molecule has 2 rings (SSSR count). The molecule has 0 aliphatic carbocycles. The lowest BCUT2D eigenvalue weighted by Gasteiger charge is -2.26. The number of nitrogens with zero attached hydrogens (tertiary/aromatic N) is 2. The smallest absolute Gasteiger partial charge is 0.265 e. The minimum atomic E-state index is -0.237. The van der Waals surface area contributed by atoms with Crippen LogP contribution in [0.2, 0.25) is 0 Å². The van der Waals surface area contributed by atoms with E-state index in [2.05, 4.69) is 35.1 Å². The molecule has 0 aromatic heterocycles. The van der Waals surface area contributed by atoms with E-state index in [1.807, 2.05) is 12.1 Å². The van der Waals surface area contributed by atoms with Crippen molar-refractivity contribution in [3.8, 4) is 0 Å². The van der Waals surface area contributed by atoms with E-state index in [9.17, 15) is 4.79 Å². The first-order valence-corrected chi connectivity index (χ1v) is 7.74. The lowest BCUT2D eigenvalue weighted by molar-refractivity contribution is 0.0953. The van der Waals surface area contributed by atoms with Crippen LogP contribution >= 0.6 is 0 Å². The molecule has 1 aliphatic rings. The van der Waals surface area contributed by atoms with Gasteiger partial charge in [-0.3, -0.25) is 20.0 Å². The Morgan fingerprint density at radius 2 is 2.19 bits per heavy atom. The summed E-state index contributed by atoms with van der Waals surface area (Å²) >= 11 is 0. The van der Waals surface area contributed by atoms with Crippen LogP contribution in [0.25, 0.3) is 0 Å². The second-order valence-corrected chi connectivity index (χ2v) is 5.57. The molecule has 1 heterocycles. The highest BCUT2D eigenvalue weighted by Crippen LogP contribution is 2.18. The van der Waals surface area contributed by atoms with Gasteiger partial charge in [0.15, 0.2) is 0 Å². The molecule has 116 valence electrons. The summed E-state index contributed by atoms with van der Waals surface area (Å²) in [5.41, 5.74) is 3.96. The Morgan fingerprint density at radius 3 is 2.86 bits per heavy atom. The zero-order valence-corrected chi connectivity index (χ0v) is 13.0. The third-order valence-electron chi connectivity index (χ3n) is 4.30. The van der Waals surface area contributed by atoms with Crippen LogP contribution in [0.5, 0.6) is 0 Å². The van der Waals surface area contributed by atoms with Crippen molar-refractivity contribution in [3.05, 3.63) is 35.4 Å². The van der Waals surface area contributed by atoms with Crippen molar-refractivity contribution < 1.29 is 4.79 Å². The molecule has 1 unspecified atom stereocenters. The largest absolute Gasteiger partial charge is 0.300 e. The summed E-state index contributed by atoms with van der Waals surface area (Å²) in [4.78, 5) is 16.6. The third kappa shape index (κ3) is 4.03. The van der Waals surface area contributed by atoms with Gasteiger partial charge in [0.05, 0.1) is 0 Å². The lowest BCUT2D eigenvalue weighted by Crippen LogP contribution is -2.37. The molecule has 0 bridgehead atoms. The molecule has 3 N–H and O–H groups in total. The second-order valence-electron chi connectivity index (χ2n) is 5.57. The first kappa shape index (κ1) is 15.9. The summed E-state index contributed by atoms with van der Waals surface area (Å²) in [5.74, 6) is 4.95. The van der Waals surface area contributed by atoms with Gasteiger partial charge in [0.2, 0.25) is 0 Å². The van der Waals surface area contributed by atoms with Crippen LogP contribution in [0.15, 0.2) is 24.3 Å². The number of carbonyl (C=O) groups is 1. The highest BCUT2D eigenvalue weighted by atomic mass is 16.2. The molecular formula is C16H26N4O. The predicted octanol–water partition coefficient (Wildman–Crippen LogP) is 1.21. The Balaban J connectivity index is 1.95. The van der Waals surface area contributed by atoms with E-state index in [0.717, 1.165) is 38.3 Å². The monoisotopic (exact) mass is 290 g/mol. The maximum Gasteiger partial charge on any atom is 0.265 e. The number of hydrazine groups is 1. The van der Waals surface area contributed by atoms with E-state index in [1.54, 1.807) is 6.07 Å². The van der Waals surface area contributed by atoms with Gasteiger partial charge in [-0.05, 0) is 37.2 Å². The minimum Gasteiger partial charge on any atom is -0.300 e. The number of nitrogens with one attached hydrogen (secondary N) is 1. The molecule has 1 aromatic rings. The molecule has 0 spiro atoms. The molecule has 21 heavy (non-hydrogen) atoms. The normalized spacial score (nSPS) is 19.1. The molecule has 1 aromatic carbocycles. The fourth-order valence-electron chi connectivity index (χ4n) is 3.15. The Hall–Kier alpha value is -1.43. The number of likely N-dealkylation sites (N-methyl/N-ethyl adjacent to an activating group) is 1. The van der Waals surface area contributed by atoms with Crippen molar-refractivity contribution >= 4 is 5.91 Å². The topological polar surface area (TPSA) is 61.6 Å². The predicted molar refractivity (Wildman–Crippen MR) is 84.7 cm³/mol. The minimum absolute atomic E-state index is 0.237. The highest BCUT2D eigenvalue weighted by molar-refractivity contribution is 5.93. The number of carbonyl (C=O) groups excluding carboxylic acids is 1. The van der Waals surface area contributed by atoms with Gasteiger partial charge >= 0.3 is 0 Å². The van der Waals surface area contributed by atoms with Crippen LogP contribution in [-0.4, -0.2) is 47.9 Å². The Morgan fingerprint density at radius 1 is 1.43 bits per heavy atom. The molecule has 1 amide bonds. The van der Waals surface area contributed by atoms with Crippen LogP contribution < -0.4 is 11.3 Å².